The van der Waals surface area contributed by atoms with Gasteiger partial charge in [-0.05, 0) is 5.56 Å². The van der Waals surface area contributed by atoms with Gasteiger partial charge in [0.1, 0.15) is 0 Å². The Kier molecular flexibility index (Phi) is 3.73. The first kappa shape index (κ1) is 14.4. The SMILES string of the molecule is O=C(O)C1CN(S(=O)(=O)Cc2ccc([N+](=O)[O-])cc2)C1. The van der Waals surface area contributed by atoms with E-state index in [1.165, 1.54) is 24.3 Å². The molecule has 9 heteroatoms. The molecule has 0 saturated carbocycles. The molecule has 0 unspecified atom stereocenters. The highest BCUT2D eigenvalue weighted by atomic mass is 32.2. The second kappa shape index (κ2) is 5.17. The largest absolute Gasteiger partial charge is 0.481 e. The highest BCUT2D eigenvalue weighted by Crippen LogP contribution is 2.23. The van der Waals surface area contributed by atoms with E-state index in [4.69, 9.17) is 5.11 Å². The summed E-state index contributed by atoms with van der Waals surface area (Å²) in [6.45, 7) is -0.0463. The minimum Gasteiger partial charge on any atom is -0.481 e. The van der Waals surface area contributed by atoms with Crippen molar-refractivity contribution in [1.82, 2.24) is 4.31 Å². The summed E-state index contributed by atoms with van der Waals surface area (Å²) < 4.78 is 25.0. The van der Waals surface area contributed by atoms with Crippen LogP contribution in [0.4, 0.5) is 5.69 Å². The number of non-ortho nitro benzene ring substituents is 1. The summed E-state index contributed by atoms with van der Waals surface area (Å²) in [5.74, 6) is -1.95. The van der Waals surface area contributed by atoms with E-state index in [0.717, 1.165) is 4.31 Å². The Labute approximate surface area is 114 Å². The molecule has 1 aliphatic heterocycles. The Bertz CT molecular complexity index is 633. The third-order valence-corrected chi connectivity index (χ3v) is 4.87. The molecule has 2 rings (SSSR count). The number of hydrogen-bond donors (Lipinski definition) is 1. The third-order valence-electron chi connectivity index (χ3n) is 3.09. The van der Waals surface area contributed by atoms with Gasteiger partial charge < -0.3 is 5.11 Å². The zero-order valence-electron chi connectivity index (χ0n) is 10.3. The molecule has 0 amide bonds. The molecule has 1 aromatic carbocycles. The summed E-state index contributed by atoms with van der Waals surface area (Å²) in [6, 6.07) is 5.23. The molecule has 0 radical (unpaired) electrons. The highest BCUT2D eigenvalue weighted by Gasteiger charge is 2.39. The molecule has 0 aromatic heterocycles. The Morgan fingerprint density at radius 2 is 1.90 bits per heavy atom. The number of carboxylic acids is 1. The number of rotatable bonds is 5. The van der Waals surface area contributed by atoms with Crippen LogP contribution in [0, 0.1) is 16.0 Å². The highest BCUT2D eigenvalue weighted by molar-refractivity contribution is 7.88. The average Bonchev–Trinajstić information content (AvgIpc) is 2.25. The van der Waals surface area contributed by atoms with Gasteiger partial charge in [-0.1, -0.05) is 12.1 Å². The van der Waals surface area contributed by atoms with Crippen molar-refractivity contribution < 1.29 is 23.2 Å². The van der Waals surface area contributed by atoms with Crippen molar-refractivity contribution in [3.63, 3.8) is 0 Å². The molecule has 108 valence electrons. The molecule has 0 spiro atoms. The van der Waals surface area contributed by atoms with Gasteiger partial charge in [-0.15, -0.1) is 0 Å². The number of sulfonamides is 1. The maximum atomic E-state index is 12.0. The van der Waals surface area contributed by atoms with Crippen molar-refractivity contribution >= 4 is 21.7 Å². The number of nitro groups is 1. The zero-order chi connectivity index (χ0) is 14.9. The van der Waals surface area contributed by atoms with Gasteiger partial charge in [0.2, 0.25) is 10.0 Å². The molecular formula is C11H12N2O6S. The van der Waals surface area contributed by atoms with Gasteiger partial charge in [0.05, 0.1) is 16.6 Å². The lowest BCUT2D eigenvalue weighted by Gasteiger charge is -2.35. The summed E-state index contributed by atoms with van der Waals surface area (Å²) in [4.78, 5) is 20.5. The van der Waals surface area contributed by atoms with E-state index in [1.807, 2.05) is 0 Å². The second-order valence-electron chi connectivity index (χ2n) is 4.53. The lowest BCUT2D eigenvalue weighted by Crippen LogP contribution is -2.53. The minimum absolute atomic E-state index is 0.0232. The molecule has 1 heterocycles. The fourth-order valence-electron chi connectivity index (χ4n) is 1.84. The molecule has 1 saturated heterocycles. The van der Waals surface area contributed by atoms with E-state index >= 15 is 0 Å². The fourth-order valence-corrected chi connectivity index (χ4v) is 3.45. The Morgan fingerprint density at radius 3 is 2.35 bits per heavy atom. The third kappa shape index (κ3) is 2.94. The molecule has 1 N–H and O–H groups in total. The molecule has 8 nitrogen and oxygen atoms in total. The predicted molar refractivity (Wildman–Crippen MR) is 68.4 cm³/mol. The Morgan fingerprint density at radius 1 is 1.35 bits per heavy atom. The van der Waals surface area contributed by atoms with E-state index in [1.54, 1.807) is 0 Å². The summed E-state index contributed by atoms with van der Waals surface area (Å²) in [7, 11) is -3.58. The lowest BCUT2D eigenvalue weighted by atomic mass is 10.0. The molecule has 0 bridgehead atoms. The van der Waals surface area contributed by atoms with Crippen molar-refractivity contribution in [2.24, 2.45) is 5.92 Å². The van der Waals surface area contributed by atoms with Crippen LogP contribution in [0.2, 0.25) is 0 Å². The number of hydrogen-bond acceptors (Lipinski definition) is 5. The topological polar surface area (TPSA) is 118 Å². The zero-order valence-corrected chi connectivity index (χ0v) is 11.1. The number of aliphatic carboxylic acids is 1. The summed E-state index contributed by atoms with van der Waals surface area (Å²) >= 11 is 0. The molecule has 0 aliphatic carbocycles. The van der Waals surface area contributed by atoms with E-state index in [-0.39, 0.29) is 24.5 Å². The van der Waals surface area contributed by atoms with E-state index in [2.05, 4.69) is 0 Å². The fraction of sp³-hybridized carbons (Fsp3) is 0.364. The number of carboxylic acid groups (broad SMARTS) is 1. The number of nitrogens with zero attached hydrogens (tertiary/aromatic N) is 2. The van der Waals surface area contributed by atoms with Crippen molar-refractivity contribution in [3.8, 4) is 0 Å². The smallest absolute Gasteiger partial charge is 0.309 e. The average molecular weight is 300 g/mol. The van der Waals surface area contributed by atoms with E-state index in [0.29, 0.717) is 5.56 Å². The molecule has 1 aliphatic rings. The molecule has 1 fully saturated rings. The summed E-state index contributed by atoms with van der Waals surface area (Å²) in [5.41, 5.74) is 0.315. The number of nitro benzene ring substituents is 1. The quantitative estimate of drug-likeness (QED) is 0.622. The molecule has 1 aromatic rings. The standard InChI is InChI=1S/C11H12N2O6S/c14-11(15)9-5-12(6-9)20(18,19)7-8-1-3-10(4-2-8)13(16)17/h1-4,9H,5-7H2,(H,14,15). The predicted octanol–water partition coefficient (Wildman–Crippen LogP) is 0.441. The van der Waals surface area contributed by atoms with Crippen LogP contribution in [-0.4, -0.2) is 41.8 Å². The first-order chi connectivity index (χ1) is 9.29. The summed E-state index contributed by atoms with van der Waals surface area (Å²) in [5, 5.41) is 19.2. The van der Waals surface area contributed by atoms with Crippen LogP contribution in [0.25, 0.3) is 0 Å². The van der Waals surface area contributed by atoms with Crippen LogP contribution < -0.4 is 0 Å². The van der Waals surface area contributed by atoms with Gasteiger partial charge in [-0.2, -0.15) is 4.31 Å². The molecule has 20 heavy (non-hydrogen) atoms. The first-order valence-electron chi connectivity index (χ1n) is 5.73. The summed E-state index contributed by atoms with van der Waals surface area (Å²) in [6.07, 6.45) is 0. The van der Waals surface area contributed by atoms with Crippen LogP contribution in [0.1, 0.15) is 5.56 Å². The maximum absolute atomic E-state index is 12.0. The van der Waals surface area contributed by atoms with Gasteiger partial charge in [0, 0.05) is 25.2 Å². The monoisotopic (exact) mass is 300 g/mol. The maximum Gasteiger partial charge on any atom is 0.309 e. The molecule has 0 atom stereocenters. The van der Waals surface area contributed by atoms with Crippen molar-refractivity contribution in [1.29, 1.82) is 0 Å². The second-order valence-corrected chi connectivity index (χ2v) is 6.50. The van der Waals surface area contributed by atoms with Crippen LogP contribution in [0.5, 0.6) is 0 Å². The van der Waals surface area contributed by atoms with Crippen molar-refractivity contribution in [2.45, 2.75) is 5.75 Å². The lowest BCUT2D eigenvalue weighted by molar-refractivity contribution is -0.384. The number of benzene rings is 1. The van der Waals surface area contributed by atoms with Crippen molar-refractivity contribution in [3.05, 3.63) is 39.9 Å². The van der Waals surface area contributed by atoms with Gasteiger partial charge >= 0.3 is 5.97 Å². The Hall–Kier alpha value is -2.00. The minimum atomic E-state index is -3.58. The van der Waals surface area contributed by atoms with Crippen LogP contribution in [0.3, 0.4) is 0 Å². The number of carbonyl (C=O) groups is 1. The van der Waals surface area contributed by atoms with Crippen LogP contribution >= 0.6 is 0 Å². The first-order valence-corrected chi connectivity index (χ1v) is 7.34. The van der Waals surface area contributed by atoms with Crippen molar-refractivity contribution in [2.75, 3.05) is 13.1 Å². The normalized spacial score (nSPS) is 16.6. The van der Waals surface area contributed by atoms with Gasteiger partial charge in [-0.3, -0.25) is 14.9 Å². The van der Waals surface area contributed by atoms with Crippen LogP contribution in [-0.2, 0) is 20.6 Å². The van der Waals surface area contributed by atoms with Gasteiger partial charge in [0.15, 0.2) is 0 Å². The van der Waals surface area contributed by atoms with Gasteiger partial charge in [0.25, 0.3) is 5.69 Å². The van der Waals surface area contributed by atoms with E-state index in [9.17, 15) is 23.3 Å². The van der Waals surface area contributed by atoms with E-state index < -0.39 is 26.8 Å². The Balaban J connectivity index is 2.02. The van der Waals surface area contributed by atoms with Gasteiger partial charge in [-0.25, -0.2) is 8.42 Å². The van der Waals surface area contributed by atoms with Crippen LogP contribution in [0.15, 0.2) is 24.3 Å². The molecular weight excluding hydrogens is 288 g/mol.